The summed E-state index contributed by atoms with van der Waals surface area (Å²) in [4.78, 5) is 28.5. The first-order valence-electron chi connectivity index (χ1n) is 9.52. The van der Waals surface area contributed by atoms with Crippen LogP contribution in [0.1, 0.15) is 16.2 Å². The van der Waals surface area contributed by atoms with Gasteiger partial charge in [-0.1, -0.05) is 23.7 Å². The monoisotopic (exact) mass is 434 g/mol. The highest BCUT2D eigenvalue weighted by atomic mass is 35.5. The van der Waals surface area contributed by atoms with E-state index in [-0.39, 0.29) is 19.1 Å². The lowest BCUT2D eigenvalue weighted by Gasteiger charge is -2.11. The van der Waals surface area contributed by atoms with Crippen LogP contribution in [0.25, 0.3) is 11.0 Å². The van der Waals surface area contributed by atoms with Gasteiger partial charge < -0.3 is 20.4 Å². The minimum absolute atomic E-state index is 0.0530. The Morgan fingerprint density at radius 1 is 1.00 bits per heavy atom. The second kappa shape index (κ2) is 8.89. The molecule has 0 bridgehead atoms. The molecule has 4 aromatic rings. The van der Waals surface area contributed by atoms with Crippen molar-refractivity contribution < 1.29 is 14.3 Å². The van der Waals surface area contributed by atoms with Gasteiger partial charge in [-0.05, 0) is 60.7 Å². The van der Waals surface area contributed by atoms with Crippen LogP contribution in [-0.4, -0.2) is 21.4 Å². The minimum Gasteiger partial charge on any atom is -0.486 e. The van der Waals surface area contributed by atoms with Crippen molar-refractivity contribution in [3.63, 3.8) is 0 Å². The lowest BCUT2D eigenvalue weighted by atomic mass is 10.2. The van der Waals surface area contributed by atoms with Gasteiger partial charge in [-0.3, -0.25) is 9.59 Å². The number of carbonyl (C=O) groups excluding carboxylic acids is 2. The fraction of sp³-hybridized carbons (Fsp3) is 0.0870. The number of carbonyl (C=O) groups is 2. The number of hydrogen-bond donors (Lipinski definition) is 2. The van der Waals surface area contributed by atoms with Crippen LogP contribution in [0.15, 0.2) is 72.8 Å². The lowest BCUT2D eigenvalue weighted by Crippen LogP contribution is -2.21. The van der Waals surface area contributed by atoms with Crippen molar-refractivity contribution in [2.45, 2.75) is 13.2 Å². The summed E-state index contributed by atoms with van der Waals surface area (Å²) in [6, 6.07) is 21.0. The number of nitrogens with two attached hydrogens (primary N) is 1. The van der Waals surface area contributed by atoms with Gasteiger partial charge in [0.1, 0.15) is 24.7 Å². The number of benzene rings is 3. The quantitative estimate of drug-likeness (QED) is 0.459. The third-order valence-corrected chi connectivity index (χ3v) is 4.92. The average molecular weight is 435 g/mol. The smallest absolute Gasteiger partial charge is 0.248 e. The maximum atomic E-state index is 12.7. The molecule has 0 radical (unpaired) electrons. The normalized spacial score (nSPS) is 10.7. The van der Waals surface area contributed by atoms with Crippen molar-refractivity contribution >= 4 is 40.1 Å². The van der Waals surface area contributed by atoms with Crippen LogP contribution in [0.2, 0.25) is 5.02 Å². The molecule has 0 aliphatic heterocycles. The molecule has 0 saturated carbocycles. The summed E-state index contributed by atoms with van der Waals surface area (Å²) in [5, 5.41) is 3.45. The largest absolute Gasteiger partial charge is 0.486 e. The molecule has 0 aliphatic rings. The molecule has 3 N–H and O–H groups in total. The molecule has 1 aromatic heterocycles. The van der Waals surface area contributed by atoms with Crippen LogP contribution < -0.4 is 15.8 Å². The van der Waals surface area contributed by atoms with Gasteiger partial charge in [0, 0.05) is 16.3 Å². The molecule has 4 rings (SSSR count). The van der Waals surface area contributed by atoms with Gasteiger partial charge in [-0.2, -0.15) is 0 Å². The zero-order valence-electron chi connectivity index (χ0n) is 16.4. The van der Waals surface area contributed by atoms with Crippen molar-refractivity contribution in [1.82, 2.24) is 9.55 Å². The molecule has 1 heterocycles. The fourth-order valence-electron chi connectivity index (χ4n) is 3.15. The molecule has 156 valence electrons. The highest BCUT2D eigenvalue weighted by Crippen LogP contribution is 2.20. The van der Waals surface area contributed by atoms with Crippen LogP contribution in [0.5, 0.6) is 5.75 Å². The molecular formula is C23H19ClN4O3. The van der Waals surface area contributed by atoms with Gasteiger partial charge in [0.2, 0.25) is 11.8 Å². The Morgan fingerprint density at radius 3 is 2.42 bits per heavy atom. The van der Waals surface area contributed by atoms with Crippen molar-refractivity contribution in [1.29, 1.82) is 0 Å². The molecule has 8 heteroatoms. The van der Waals surface area contributed by atoms with Crippen molar-refractivity contribution in [3.8, 4) is 5.75 Å². The molecule has 0 saturated heterocycles. The first-order chi connectivity index (χ1) is 15.0. The Labute approximate surface area is 183 Å². The molecule has 2 amide bonds. The predicted octanol–water partition coefficient (Wildman–Crippen LogP) is 4.01. The topological polar surface area (TPSA) is 99.2 Å². The number of hydrogen-bond acceptors (Lipinski definition) is 4. The molecular weight excluding hydrogens is 416 g/mol. The Hall–Kier alpha value is -3.84. The number of halogens is 1. The number of ether oxygens (including phenoxy) is 1. The molecule has 0 atom stereocenters. The van der Waals surface area contributed by atoms with Crippen LogP contribution in [0, 0.1) is 0 Å². The standard InChI is InChI=1S/C23H19ClN4O3/c24-16-7-11-18(12-8-16)31-14-21-27-19-3-1-2-4-20(19)28(21)13-22(29)26-17-9-5-15(6-10-17)23(25)30/h1-12H,13-14H2,(H2,25,30)(H,26,29). The second-order valence-corrected chi connectivity index (χ2v) is 7.27. The van der Waals surface area contributed by atoms with Gasteiger partial charge in [-0.25, -0.2) is 4.98 Å². The number of nitrogens with one attached hydrogen (secondary N) is 1. The summed E-state index contributed by atoms with van der Waals surface area (Å²) >= 11 is 5.92. The maximum absolute atomic E-state index is 12.7. The number of rotatable bonds is 7. The number of imidazole rings is 1. The number of nitrogens with zero attached hydrogens (tertiary/aromatic N) is 2. The molecule has 0 aliphatic carbocycles. The first-order valence-corrected chi connectivity index (χ1v) is 9.89. The van der Waals surface area contributed by atoms with Crippen LogP contribution >= 0.6 is 11.6 Å². The maximum Gasteiger partial charge on any atom is 0.248 e. The third kappa shape index (κ3) is 4.84. The molecule has 0 spiro atoms. The number of para-hydroxylation sites is 2. The summed E-state index contributed by atoms with van der Waals surface area (Å²) in [6.07, 6.45) is 0. The van der Waals surface area contributed by atoms with E-state index in [2.05, 4.69) is 10.3 Å². The number of anilines is 1. The zero-order chi connectivity index (χ0) is 21.8. The second-order valence-electron chi connectivity index (χ2n) is 6.84. The zero-order valence-corrected chi connectivity index (χ0v) is 17.2. The summed E-state index contributed by atoms with van der Waals surface area (Å²) in [7, 11) is 0. The van der Waals surface area contributed by atoms with E-state index in [1.165, 1.54) is 0 Å². The van der Waals surface area contributed by atoms with E-state index in [4.69, 9.17) is 22.1 Å². The number of amides is 2. The van der Waals surface area contributed by atoms with Crippen molar-refractivity contribution in [3.05, 3.63) is 89.2 Å². The SMILES string of the molecule is NC(=O)c1ccc(NC(=O)Cn2c(COc3ccc(Cl)cc3)nc3ccccc32)cc1. The molecule has 3 aromatic carbocycles. The van der Waals surface area contributed by atoms with Crippen molar-refractivity contribution in [2.75, 3.05) is 5.32 Å². The first kappa shape index (κ1) is 20.4. The Balaban J connectivity index is 1.52. The molecule has 31 heavy (non-hydrogen) atoms. The summed E-state index contributed by atoms with van der Waals surface area (Å²) in [6.45, 7) is 0.244. The fourth-order valence-corrected chi connectivity index (χ4v) is 3.28. The highest BCUT2D eigenvalue weighted by Gasteiger charge is 2.14. The number of fused-ring (bicyclic) bond motifs is 1. The van der Waals surface area contributed by atoms with Crippen LogP contribution in [0.4, 0.5) is 5.69 Å². The van der Waals surface area contributed by atoms with Gasteiger partial charge in [0.05, 0.1) is 11.0 Å². The van der Waals surface area contributed by atoms with Gasteiger partial charge >= 0.3 is 0 Å². The summed E-state index contributed by atoms with van der Waals surface area (Å²) in [5.41, 5.74) is 7.79. The van der Waals surface area contributed by atoms with E-state index >= 15 is 0 Å². The van der Waals surface area contributed by atoms with Gasteiger partial charge in [0.25, 0.3) is 0 Å². The van der Waals surface area contributed by atoms with E-state index in [0.717, 1.165) is 11.0 Å². The third-order valence-electron chi connectivity index (χ3n) is 4.67. The van der Waals surface area contributed by atoms with E-state index in [1.807, 2.05) is 28.8 Å². The summed E-state index contributed by atoms with van der Waals surface area (Å²) in [5.74, 6) is 0.521. The van der Waals surface area contributed by atoms with Crippen LogP contribution in [-0.2, 0) is 17.9 Å². The average Bonchev–Trinajstić information content (AvgIpc) is 3.11. The van der Waals surface area contributed by atoms with Gasteiger partial charge in [0.15, 0.2) is 0 Å². The van der Waals surface area contributed by atoms with Gasteiger partial charge in [-0.15, -0.1) is 0 Å². The minimum atomic E-state index is -0.520. The predicted molar refractivity (Wildman–Crippen MR) is 119 cm³/mol. The number of aromatic nitrogens is 2. The van der Waals surface area contributed by atoms with E-state index in [0.29, 0.717) is 27.8 Å². The Bertz CT molecular complexity index is 1230. The Kier molecular flexibility index (Phi) is 5.86. The summed E-state index contributed by atoms with van der Waals surface area (Å²) < 4.78 is 7.65. The van der Waals surface area contributed by atoms with E-state index in [1.54, 1.807) is 48.5 Å². The van der Waals surface area contributed by atoms with Crippen molar-refractivity contribution in [2.24, 2.45) is 5.73 Å². The number of primary amides is 1. The molecule has 0 unspecified atom stereocenters. The van der Waals surface area contributed by atoms with E-state index < -0.39 is 5.91 Å². The van der Waals surface area contributed by atoms with E-state index in [9.17, 15) is 9.59 Å². The Morgan fingerprint density at radius 2 is 1.71 bits per heavy atom. The van der Waals surface area contributed by atoms with Crippen LogP contribution in [0.3, 0.4) is 0 Å². The molecule has 7 nitrogen and oxygen atoms in total. The lowest BCUT2D eigenvalue weighted by molar-refractivity contribution is -0.116. The highest BCUT2D eigenvalue weighted by molar-refractivity contribution is 6.30. The molecule has 0 fully saturated rings.